The van der Waals surface area contributed by atoms with Crippen LogP contribution in [-0.4, -0.2) is 29.9 Å². The molecule has 1 aromatic rings. The van der Waals surface area contributed by atoms with Crippen molar-refractivity contribution >= 4 is 11.9 Å². The summed E-state index contributed by atoms with van der Waals surface area (Å²) in [6, 6.07) is 3.20. The highest BCUT2D eigenvalue weighted by Gasteiger charge is 2.21. The Morgan fingerprint density at radius 2 is 2.26 bits per heavy atom. The summed E-state index contributed by atoms with van der Waals surface area (Å²) in [6.45, 7) is 3.14. The number of aliphatic hydroxyl groups is 1. The van der Waals surface area contributed by atoms with Crippen molar-refractivity contribution in [3.63, 3.8) is 0 Å². The summed E-state index contributed by atoms with van der Waals surface area (Å²) in [7, 11) is 0. The summed E-state index contributed by atoms with van der Waals surface area (Å²) >= 11 is 0. The Morgan fingerprint density at radius 3 is 2.81 bits per heavy atom. The predicted octanol–water partition coefficient (Wildman–Crippen LogP) is 3.68. The van der Waals surface area contributed by atoms with E-state index in [1.54, 1.807) is 20.0 Å². The highest BCUT2D eigenvalue weighted by Crippen LogP contribution is 2.25. The lowest BCUT2D eigenvalue weighted by Gasteiger charge is -2.24. The van der Waals surface area contributed by atoms with Gasteiger partial charge in [-0.1, -0.05) is 0 Å². The third kappa shape index (κ3) is 5.90. The Hall–Kier alpha value is -2.72. The maximum Gasteiger partial charge on any atom is 0.266 e. The molecule has 10 heteroatoms. The molecule has 0 aromatic heterocycles. The molecule has 0 saturated carbocycles. The van der Waals surface area contributed by atoms with E-state index in [1.807, 2.05) is 0 Å². The topological polar surface area (TPSA) is 102 Å². The molecule has 27 heavy (non-hydrogen) atoms. The van der Waals surface area contributed by atoms with Crippen LogP contribution in [0.5, 0.6) is 0 Å². The van der Waals surface area contributed by atoms with Crippen LogP contribution in [0, 0.1) is 11.3 Å². The van der Waals surface area contributed by atoms with E-state index in [4.69, 9.17) is 10.3 Å². The van der Waals surface area contributed by atoms with E-state index in [-0.39, 0.29) is 18.0 Å². The van der Waals surface area contributed by atoms with Crippen molar-refractivity contribution in [1.82, 2.24) is 5.32 Å². The number of benzene rings is 1. The molecule has 1 heterocycles. The van der Waals surface area contributed by atoms with Crippen molar-refractivity contribution in [2.24, 2.45) is 10.1 Å². The minimum absolute atomic E-state index is 0.0971. The smallest absolute Gasteiger partial charge is 0.266 e. The summed E-state index contributed by atoms with van der Waals surface area (Å²) in [5.74, 6) is -0.993. The fraction of sp³-hybridized carbons (Fsp3) is 0.353. The first-order valence-electron chi connectivity index (χ1n) is 7.95. The molecule has 2 rings (SSSR count). The molecule has 0 spiro atoms. The van der Waals surface area contributed by atoms with Crippen LogP contribution in [-0.2, 0) is 4.74 Å². The average Bonchev–Trinajstić information content (AvgIpc) is 2.62. The molecule has 1 aliphatic rings. The van der Waals surface area contributed by atoms with Crippen molar-refractivity contribution in [3.05, 3.63) is 53.2 Å². The van der Waals surface area contributed by atoms with Crippen molar-refractivity contribution in [3.8, 4) is 0 Å². The molecule has 1 aromatic carbocycles. The van der Waals surface area contributed by atoms with Gasteiger partial charge in [0, 0.05) is 29.9 Å². The first kappa shape index (κ1) is 20.6. The van der Waals surface area contributed by atoms with Crippen LogP contribution in [0.3, 0.4) is 0 Å². The number of rotatable bonds is 8. The minimum Gasteiger partial charge on any atom is -0.386 e. The Bertz CT molecular complexity index is 772. The first-order valence-corrected chi connectivity index (χ1v) is 7.95. The number of nitrogens with one attached hydrogen (secondary N) is 3. The maximum absolute atomic E-state index is 13.3. The first-order chi connectivity index (χ1) is 12.7. The third-order valence-electron chi connectivity index (χ3n) is 3.61. The molecule has 0 bridgehead atoms. The largest absolute Gasteiger partial charge is 0.386 e. The molecule has 0 aliphatic carbocycles. The summed E-state index contributed by atoms with van der Waals surface area (Å²) in [4.78, 5) is 4.08. The molecule has 7 nitrogen and oxygen atoms in total. The Kier molecular flexibility index (Phi) is 6.70. The quantitative estimate of drug-likeness (QED) is 0.514. The van der Waals surface area contributed by atoms with Gasteiger partial charge >= 0.3 is 0 Å². The number of hydrogen-bond donors (Lipinski definition) is 4. The molecule has 0 amide bonds. The third-order valence-corrected chi connectivity index (χ3v) is 3.61. The van der Waals surface area contributed by atoms with Crippen molar-refractivity contribution in [1.29, 1.82) is 5.53 Å². The molecular weight excluding hydrogens is 363 g/mol. The van der Waals surface area contributed by atoms with E-state index in [0.717, 1.165) is 12.1 Å². The van der Waals surface area contributed by atoms with Crippen LogP contribution in [0.2, 0.25) is 0 Å². The van der Waals surface area contributed by atoms with Crippen molar-refractivity contribution in [2.75, 3.05) is 11.9 Å². The Labute approximate surface area is 154 Å². The molecule has 1 aliphatic heterocycles. The van der Waals surface area contributed by atoms with Crippen LogP contribution >= 0.6 is 0 Å². The van der Waals surface area contributed by atoms with Gasteiger partial charge in [-0.15, -0.1) is 0 Å². The van der Waals surface area contributed by atoms with Gasteiger partial charge in [0.05, 0.1) is 17.8 Å². The standard InChI is InChI=1S/C17H20F3N5O2/c1-17(2,26)10-6-23-16(24-7-10)27-9-12(25-21)8-22-11-3-4-14(18)13(5-11)15(19)20/h3-8,15-16,21-23,26H,9H2,1-2H3/b12-8-,25-21?. The van der Waals surface area contributed by atoms with E-state index >= 15 is 0 Å². The minimum atomic E-state index is -2.93. The van der Waals surface area contributed by atoms with Crippen LogP contribution in [0.4, 0.5) is 18.9 Å². The number of aliphatic imine (C=N–C) groups is 1. The second kappa shape index (κ2) is 8.78. The van der Waals surface area contributed by atoms with Crippen LogP contribution < -0.4 is 10.6 Å². The molecule has 146 valence electrons. The second-order valence-electron chi connectivity index (χ2n) is 6.20. The zero-order valence-corrected chi connectivity index (χ0v) is 14.7. The van der Waals surface area contributed by atoms with Gasteiger partial charge < -0.3 is 20.5 Å². The van der Waals surface area contributed by atoms with Gasteiger partial charge in [-0.05, 0) is 32.0 Å². The van der Waals surface area contributed by atoms with Crippen LogP contribution in [0.15, 0.2) is 52.0 Å². The zero-order chi connectivity index (χ0) is 20.0. The normalized spacial score (nSPS) is 17.5. The van der Waals surface area contributed by atoms with E-state index in [9.17, 15) is 18.3 Å². The highest BCUT2D eigenvalue weighted by atomic mass is 19.3. The predicted molar refractivity (Wildman–Crippen MR) is 94.0 cm³/mol. The van der Waals surface area contributed by atoms with E-state index in [1.165, 1.54) is 18.5 Å². The summed E-state index contributed by atoms with van der Waals surface area (Å²) in [6.07, 6.45) is 0.682. The molecular formula is C17H20F3N5O2. The molecule has 1 unspecified atom stereocenters. The van der Waals surface area contributed by atoms with Crippen LogP contribution in [0.25, 0.3) is 0 Å². The van der Waals surface area contributed by atoms with Gasteiger partial charge in [0.1, 0.15) is 11.5 Å². The highest BCUT2D eigenvalue weighted by molar-refractivity contribution is 5.81. The lowest BCUT2D eigenvalue weighted by Crippen LogP contribution is -2.34. The van der Waals surface area contributed by atoms with Gasteiger partial charge in [-0.3, -0.25) is 0 Å². The van der Waals surface area contributed by atoms with E-state index in [0.29, 0.717) is 5.57 Å². The molecule has 0 fully saturated rings. The molecule has 0 radical (unpaired) electrons. The number of alkyl halides is 2. The maximum atomic E-state index is 13.3. The van der Waals surface area contributed by atoms with Gasteiger partial charge in [-0.25, -0.2) is 23.7 Å². The fourth-order valence-corrected chi connectivity index (χ4v) is 2.05. The summed E-state index contributed by atoms with van der Waals surface area (Å²) < 4.78 is 44.1. The molecule has 4 N–H and O–H groups in total. The van der Waals surface area contributed by atoms with Gasteiger partial charge in [-0.2, -0.15) is 5.11 Å². The van der Waals surface area contributed by atoms with Crippen LogP contribution in [0.1, 0.15) is 25.8 Å². The molecule has 1 atom stereocenters. The Balaban J connectivity index is 1.93. The lowest BCUT2D eigenvalue weighted by atomic mass is 10.00. The number of hydrogen-bond acceptors (Lipinski definition) is 7. The number of anilines is 1. The van der Waals surface area contributed by atoms with Gasteiger partial charge in [0.2, 0.25) is 6.35 Å². The van der Waals surface area contributed by atoms with Crippen molar-refractivity contribution in [2.45, 2.75) is 32.2 Å². The Morgan fingerprint density at radius 1 is 1.52 bits per heavy atom. The number of ether oxygens (including phenoxy) is 1. The average molecular weight is 383 g/mol. The summed E-state index contributed by atoms with van der Waals surface area (Å²) in [5.41, 5.74) is 6.35. The van der Waals surface area contributed by atoms with E-state index in [2.05, 4.69) is 20.7 Å². The van der Waals surface area contributed by atoms with E-state index < -0.39 is 29.8 Å². The lowest BCUT2D eigenvalue weighted by molar-refractivity contribution is 0.0575. The monoisotopic (exact) mass is 383 g/mol. The SMILES string of the molecule is CC(C)(O)C1=CNC(OC/C(=C/Nc2ccc(F)c(C(F)F)c2)N=N)N=C1. The molecule has 0 saturated heterocycles. The second-order valence-corrected chi connectivity index (χ2v) is 6.20. The fourth-order valence-electron chi connectivity index (χ4n) is 2.05. The van der Waals surface area contributed by atoms with Crippen molar-refractivity contribution < 1.29 is 23.0 Å². The number of nitrogens with zero attached hydrogens (tertiary/aromatic N) is 2. The zero-order valence-electron chi connectivity index (χ0n) is 14.7. The van der Waals surface area contributed by atoms with Gasteiger partial charge in [0.15, 0.2) is 0 Å². The summed E-state index contributed by atoms with van der Waals surface area (Å²) in [5, 5.41) is 18.7. The van der Waals surface area contributed by atoms with Gasteiger partial charge in [0.25, 0.3) is 6.43 Å². The number of halogens is 3.